The normalized spacial score (nSPS) is 17.2. The first kappa shape index (κ1) is 31.7. The quantitative estimate of drug-likeness (QED) is 0.214. The number of urea groups is 1. The predicted molar refractivity (Wildman–Crippen MR) is 174 cm³/mol. The summed E-state index contributed by atoms with van der Waals surface area (Å²) >= 11 is 0. The lowest BCUT2D eigenvalue weighted by atomic mass is 9.98. The Bertz CT molecular complexity index is 1600. The summed E-state index contributed by atoms with van der Waals surface area (Å²) in [5, 5.41) is 19.5. The molecule has 0 fully saturated rings. The molecule has 10 heteroatoms. The first-order valence-electron chi connectivity index (χ1n) is 15.2. The molecule has 0 radical (unpaired) electrons. The molecule has 0 unspecified atom stereocenters. The van der Waals surface area contributed by atoms with Gasteiger partial charge in [-0.2, -0.15) is 0 Å². The van der Waals surface area contributed by atoms with Gasteiger partial charge in [-0.3, -0.25) is 9.69 Å². The number of rotatable bonds is 9. The molecule has 3 aromatic carbocycles. The van der Waals surface area contributed by atoms with Crippen LogP contribution in [0.2, 0.25) is 0 Å². The Morgan fingerprint density at radius 3 is 2.42 bits per heavy atom. The van der Waals surface area contributed by atoms with Crippen LogP contribution in [0.5, 0.6) is 5.75 Å². The number of hydrogen-bond donors (Lipinski definition) is 3. The van der Waals surface area contributed by atoms with Crippen LogP contribution in [0.1, 0.15) is 41.2 Å². The third-order valence-corrected chi connectivity index (χ3v) is 8.22. The minimum atomic E-state index is -0.517. The Morgan fingerprint density at radius 2 is 1.76 bits per heavy atom. The van der Waals surface area contributed by atoms with Crippen molar-refractivity contribution < 1.29 is 24.0 Å². The minimum absolute atomic E-state index is 0.0804. The third kappa shape index (κ3) is 7.35. The highest BCUT2D eigenvalue weighted by Crippen LogP contribution is 2.35. The van der Waals surface area contributed by atoms with Crippen LogP contribution in [0.3, 0.4) is 0 Å². The number of likely N-dealkylation sites (N-methyl/N-ethyl adjacent to an activating group) is 1. The van der Waals surface area contributed by atoms with Gasteiger partial charge in [0.05, 0.1) is 23.9 Å². The number of carbonyl (C=O) groups is 2. The molecule has 1 aliphatic rings. The summed E-state index contributed by atoms with van der Waals surface area (Å²) in [5.74, 6) is 0.433. The van der Waals surface area contributed by atoms with Crippen molar-refractivity contribution >= 4 is 23.3 Å². The van der Waals surface area contributed by atoms with Crippen LogP contribution in [-0.2, 0) is 6.54 Å². The van der Waals surface area contributed by atoms with E-state index in [0.29, 0.717) is 53.8 Å². The second kappa shape index (κ2) is 14.0. The minimum Gasteiger partial charge on any atom is -0.486 e. The lowest BCUT2D eigenvalue weighted by Gasteiger charge is -2.38. The van der Waals surface area contributed by atoms with Crippen LogP contribution in [-0.4, -0.2) is 70.9 Å². The maximum absolute atomic E-state index is 13.8. The Balaban J connectivity index is 1.38. The number of para-hydroxylation sites is 1. The van der Waals surface area contributed by atoms with E-state index in [1.54, 1.807) is 36.9 Å². The molecular weight excluding hydrogens is 570 g/mol. The first-order valence-corrected chi connectivity index (χ1v) is 15.2. The number of aliphatic hydroxyl groups is 1. The Labute approximate surface area is 264 Å². The molecule has 236 valence electrons. The molecule has 3 amide bonds. The fraction of sp³-hybridized carbons (Fsp3) is 0.343. The number of benzene rings is 3. The number of aryl methyl sites for hydroxylation is 2. The summed E-state index contributed by atoms with van der Waals surface area (Å²) < 4.78 is 11.8. The molecule has 3 N–H and O–H groups in total. The highest BCUT2D eigenvalue weighted by atomic mass is 16.5. The highest BCUT2D eigenvalue weighted by Gasteiger charge is 2.34. The van der Waals surface area contributed by atoms with Gasteiger partial charge in [0.25, 0.3) is 5.91 Å². The largest absolute Gasteiger partial charge is 0.486 e. The Hall–Kier alpha value is -4.67. The van der Waals surface area contributed by atoms with Crippen LogP contribution < -0.4 is 15.4 Å². The number of amides is 3. The lowest BCUT2D eigenvalue weighted by Crippen LogP contribution is -2.49. The van der Waals surface area contributed by atoms with Gasteiger partial charge < -0.3 is 29.9 Å². The molecule has 0 saturated carbocycles. The number of ether oxygens (including phenoxy) is 1. The third-order valence-electron chi connectivity index (χ3n) is 8.22. The summed E-state index contributed by atoms with van der Waals surface area (Å²) in [7, 11) is 2.04. The number of carbonyl (C=O) groups excluding carboxylic acids is 2. The lowest BCUT2D eigenvalue weighted by molar-refractivity contribution is 0.0343. The fourth-order valence-corrected chi connectivity index (χ4v) is 5.60. The second-order valence-corrected chi connectivity index (χ2v) is 11.8. The molecule has 3 atom stereocenters. The van der Waals surface area contributed by atoms with Crippen LogP contribution in [0.4, 0.5) is 16.2 Å². The molecule has 10 nitrogen and oxygen atoms in total. The average molecular weight is 612 g/mol. The number of aromatic nitrogens is 1. The van der Waals surface area contributed by atoms with Crippen molar-refractivity contribution in [3.05, 3.63) is 95.4 Å². The average Bonchev–Trinajstić information content (AvgIpc) is 3.35. The zero-order chi connectivity index (χ0) is 32.1. The van der Waals surface area contributed by atoms with Gasteiger partial charge >= 0.3 is 6.03 Å². The van der Waals surface area contributed by atoms with E-state index in [-0.39, 0.29) is 24.5 Å². The van der Waals surface area contributed by atoms with Gasteiger partial charge in [-0.05, 0) is 56.6 Å². The number of aliphatic hydroxyl groups excluding tert-OH is 1. The standard InChI is InChI=1S/C35H41N5O5/c1-22-18-40(23(2)21-41)34(42)29-12-9-13-30(36-35(43)37-32-24(3)38-45-25(32)4)33(29)44-31(22)20-39(5)19-26-14-16-28(17-15-26)27-10-7-6-8-11-27/h6-17,22-23,31,41H,18-21H2,1-5H3,(H2,36,37,43)/t22-,23-,31+/m1/s1. The maximum atomic E-state index is 13.8. The topological polar surface area (TPSA) is 120 Å². The Morgan fingerprint density at radius 1 is 1.04 bits per heavy atom. The zero-order valence-electron chi connectivity index (χ0n) is 26.4. The molecular formula is C35H41N5O5. The molecule has 0 aliphatic carbocycles. The SMILES string of the molecule is Cc1noc(C)c1NC(=O)Nc1cccc2c1O[C@@H](CN(C)Cc1ccc(-c3ccccc3)cc1)[C@H](C)CN([C@H](C)CO)C2=O. The van der Waals surface area contributed by atoms with E-state index in [0.717, 1.165) is 5.56 Å². The van der Waals surface area contributed by atoms with Gasteiger partial charge in [-0.25, -0.2) is 4.79 Å². The van der Waals surface area contributed by atoms with E-state index < -0.39 is 12.1 Å². The molecule has 4 aromatic rings. The first-order chi connectivity index (χ1) is 21.6. The van der Waals surface area contributed by atoms with Crippen LogP contribution >= 0.6 is 0 Å². The van der Waals surface area contributed by atoms with Gasteiger partial charge in [-0.1, -0.05) is 72.7 Å². The summed E-state index contributed by atoms with van der Waals surface area (Å²) in [6, 6.07) is 23.0. The van der Waals surface area contributed by atoms with Gasteiger partial charge in [0.1, 0.15) is 17.5 Å². The Kier molecular flexibility index (Phi) is 9.85. The van der Waals surface area contributed by atoms with Crippen molar-refractivity contribution in [1.82, 2.24) is 15.0 Å². The number of anilines is 2. The summed E-state index contributed by atoms with van der Waals surface area (Å²) in [4.78, 5) is 30.8. The van der Waals surface area contributed by atoms with E-state index in [1.165, 1.54) is 11.1 Å². The van der Waals surface area contributed by atoms with E-state index in [4.69, 9.17) is 9.26 Å². The molecule has 0 spiro atoms. The number of nitrogens with one attached hydrogen (secondary N) is 2. The monoisotopic (exact) mass is 611 g/mol. The molecule has 0 bridgehead atoms. The van der Waals surface area contributed by atoms with E-state index in [1.807, 2.05) is 39.1 Å². The molecule has 2 heterocycles. The van der Waals surface area contributed by atoms with Crippen molar-refractivity contribution in [1.29, 1.82) is 0 Å². The molecule has 5 rings (SSSR count). The van der Waals surface area contributed by atoms with E-state index >= 15 is 0 Å². The summed E-state index contributed by atoms with van der Waals surface area (Å²) in [6.07, 6.45) is -0.326. The summed E-state index contributed by atoms with van der Waals surface area (Å²) in [5.41, 5.74) is 5.22. The van der Waals surface area contributed by atoms with Gasteiger partial charge in [0, 0.05) is 25.6 Å². The van der Waals surface area contributed by atoms with Crippen molar-refractivity contribution in [3.63, 3.8) is 0 Å². The van der Waals surface area contributed by atoms with Crippen molar-refractivity contribution in [3.8, 4) is 16.9 Å². The van der Waals surface area contributed by atoms with E-state index in [2.05, 4.69) is 57.1 Å². The van der Waals surface area contributed by atoms with Crippen LogP contribution in [0, 0.1) is 19.8 Å². The predicted octanol–water partition coefficient (Wildman–Crippen LogP) is 5.95. The molecule has 45 heavy (non-hydrogen) atoms. The number of hydrogen-bond acceptors (Lipinski definition) is 7. The molecule has 1 aliphatic heterocycles. The van der Waals surface area contributed by atoms with Crippen LogP contribution in [0.15, 0.2) is 77.3 Å². The van der Waals surface area contributed by atoms with Gasteiger partial charge in [0.15, 0.2) is 11.5 Å². The number of fused-ring (bicyclic) bond motifs is 1. The molecule has 0 saturated heterocycles. The van der Waals surface area contributed by atoms with Gasteiger partial charge in [-0.15, -0.1) is 0 Å². The van der Waals surface area contributed by atoms with Gasteiger partial charge in [0.2, 0.25) is 0 Å². The molecule has 1 aromatic heterocycles. The van der Waals surface area contributed by atoms with Crippen molar-refractivity contribution in [2.24, 2.45) is 5.92 Å². The summed E-state index contributed by atoms with van der Waals surface area (Å²) in [6.45, 7) is 8.83. The second-order valence-electron chi connectivity index (χ2n) is 11.8. The zero-order valence-corrected chi connectivity index (χ0v) is 26.4. The van der Waals surface area contributed by atoms with Crippen LogP contribution in [0.25, 0.3) is 11.1 Å². The number of nitrogens with zero attached hydrogens (tertiary/aromatic N) is 3. The van der Waals surface area contributed by atoms with E-state index in [9.17, 15) is 14.7 Å². The van der Waals surface area contributed by atoms with Crippen molar-refractivity contribution in [2.45, 2.75) is 46.4 Å². The maximum Gasteiger partial charge on any atom is 0.323 e. The smallest absolute Gasteiger partial charge is 0.323 e. The van der Waals surface area contributed by atoms with Crippen molar-refractivity contribution in [2.75, 3.05) is 37.4 Å². The highest BCUT2D eigenvalue weighted by molar-refractivity contribution is 6.04. The fourth-order valence-electron chi connectivity index (χ4n) is 5.60.